The van der Waals surface area contributed by atoms with E-state index in [1.54, 1.807) is 0 Å². The molecule has 0 fully saturated rings. The van der Waals surface area contributed by atoms with E-state index in [1.165, 1.54) is 16.9 Å². The Morgan fingerprint density at radius 2 is 1.50 bits per heavy atom. The molecule has 0 aliphatic carbocycles. The zero-order valence-corrected chi connectivity index (χ0v) is 12.3. The Labute approximate surface area is 116 Å². The van der Waals surface area contributed by atoms with Gasteiger partial charge in [-0.15, -0.1) is 0 Å². The second-order valence-electron chi connectivity index (χ2n) is 5.68. The van der Waals surface area contributed by atoms with Crippen LogP contribution in [0.5, 0.6) is 0 Å². The van der Waals surface area contributed by atoms with Crippen LogP contribution in [0.15, 0.2) is 24.3 Å². The molecule has 0 saturated heterocycles. The largest absolute Gasteiger partial charge is 0.673 e. The molecule has 0 radical (unpaired) electrons. The molecule has 0 saturated carbocycles. The fraction of sp³-hybridized carbons (Fsp3) is 0.462. The predicted molar refractivity (Wildman–Crippen MR) is 73.0 cm³/mol. The molecule has 1 aromatic heterocycles. The summed E-state index contributed by atoms with van der Waals surface area (Å²) in [6.45, 7) is 6.75. The van der Waals surface area contributed by atoms with Crippen LogP contribution in [0.1, 0.15) is 26.6 Å². The lowest BCUT2D eigenvalue weighted by Crippen LogP contribution is -2.39. The van der Waals surface area contributed by atoms with Crippen LogP contribution in [0.4, 0.5) is 17.3 Å². The fourth-order valence-electron chi connectivity index (χ4n) is 2.49. The van der Waals surface area contributed by atoms with Gasteiger partial charge >= 0.3 is 7.25 Å². The van der Waals surface area contributed by atoms with Crippen LogP contribution < -0.4 is 4.57 Å². The van der Waals surface area contributed by atoms with Gasteiger partial charge in [0, 0.05) is 0 Å². The average molecular weight is 290 g/mol. The van der Waals surface area contributed by atoms with Gasteiger partial charge in [0.15, 0.2) is 11.0 Å². The average Bonchev–Trinajstić information content (AvgIpc) is 2.49. The number of hydrogen-bond acceptors (Lipinski definition) is 0. The van der Waals surface area contributed by atoms with Crippen molar-refractivity contribution in [2.24, 2.45) is 14.1 Å². The number of benzene rings is 1. The van der Waals surface area contributed by atoms with Crippen molar-refractivity contribution in [3.05, 3.63) is 30.1 Å². The number of hydrogen-bond donors (Lipinski definition) is 0. The highest BCUT2D eigenvalue weighted by molar-refractivity contribution is 6.50. The first-order valence-corrected chi connectivity index (χ1v) is 6.24. The lowest BCUT2D eigenvalue weighted by molar-refractivity contribution is -0.657. The molecule has 0 unspecified atom stereocenters. The smallest absolute Gasteiger partial charge is 0.418 e. The van der Waals surface area contributed by atoms with Gasteiger partial charge in [0.2, 0.25) is 0 Å². The molecular formula is C13H19BF4N2. The molecule has 112 valence electrons. The van der Waals surface area contributed by atoms with Crippen molar-refractivity contribution in [3.8, 4) is 0 Å². The minimum absolute atomic E-state index is 0.169. The maximum absolute atomic E-state index is 9.75. The second-order valence-corrected chi connectivity index (χ2v) is 5.68. The Hall–Kier alpha value is -1.53. The van der Waals surface area contributed by atoms with Crippen molar-refractivity contribution in [3.63, 3.8) is 0 Å². The van der Waals surface area contributed by atoms with Gasteiger partial charge in [0.05, 0.1) is 19.5 Å². The van der Waals surface area contributed by atoms with Gasteiger partial charge < -0.3 is 17.3 Å². The molecule has 0 N–H and O–H groups in total. The quantitative estimate of drug-likeness (QED) is 0.398. The SMILES string of the molecule is Cn1c(C(C)(C)C)[n+](C)c2ccccc21.F[B-](F)(F)F. The molecule has 2 aromatic rings. The van der Waals surface area contributed by atoms with Crippen molar-refractivity contribution in [2.75, 3.05) is 0 Å². The monoisotopic (exact) mass is 290 g/mol. The van der Waals surface area contributed by atoms with Crippen molar-refractivity contribution in [2.45, 2.75) is 26.2 Å². The van der Waals surface area contributed by atoms with E-state index in [-0.39, 0.29) is 5.41 Å². The summed E-state index contributed by atoms with van der Waals surface area (Å²) in [5.74, 6) is 1.35. The highest BCUT2D eigenvalue weighted by atomic mass is 19.5. The number of imidazole rings is 1. The molecule has 7 heteroatoms. The molecule has 0 bridgehead atoms. The van der Waals surface area contributed by atoms with Crippen LogP contribution in [0.2, 0.25) is 0 Å². The molecule has 0 aliphatic heterocycles. The zero-order valence-electron chi connectivity index (χ0n) is 12.3. The maximum Gasteiger partial charge on any atom is 0.673 e. The molecule has 0 amide bonds. The fourth-order valence-corrected chi connectivity index (χ4v) is 2.49. The van der Waals surface area contributed by atoms with E-state index in [0.29, 0.717) is 0 Å². The molecule has 2 nitrogen and oxygen atoms in total. The van der Waals surface area contributed by atoms with Gasteiger partial charge in [-0.3, -0.25) is 0 Å². The summed E-state index contributed by atoms with van der Waals surface area (Å²) in [4.78, 5) is 0. The highest BCUT2D eigenvalue weighted by Gasteiger charge is 2.30. The Balaban J connectivity index is 0.000000347. The minimum Gasteiger partial charge on any atom is -0.418 e. The minimum atomic E-state index is -6.00. The summed E-state index contributed by atoms with van der Waals surface area (Å²) in [5.41, 5.74) is 2.76. The molecular weight excluding hydrogens is 271 g/mol. The van der Waals surface area contributed by atoms with Gasteiger partial charge in [0.1, 0.15) is 0 Å². The van der Waals surface area contributed by atoms with E-state index in [4.69, 9.17) is 0 Å². The number of para-hydroxylation sites is 2. The third-order valence-corrected chi connectivity index (χ3v) is 2.91. The number of rotatable bonds is 0. The van der Waals surface area contributed by atoms with Gasteiger partial charge in [-0.2, -0.15) is 0 Å². The van der Waals surface area contributed by atoms with Crippen LogP contribution in [-0.2, 0) is 19.5 Å². The summed E-state index contributed by atoms with van der Waals surface area (Å²) in [5, 5.41) is 0. The molecule has 0 atom stereocenters. The van der Waals surface area contributed by atoms with Crippen LogP contribution >= 0.6 is 0 Å². The molecule has 2 rings (SSSR count). The van der Waals surface area contributed by atoms with E-state index in [0.717, 1.165) is 0 Å². The second kappa shape index (κ2) is 5.46. The van der Waals surface area contributed by atoms with Gasteiger partial charge in [-0.1, -0.05) is 12.1 Å². The first kappa shape index (κ1) is 16.5. The molecule has 0 aliphatic rings. The highest BCUT2D eigenvalue weighted by Crippen LogP contribution is 2.23. The summed E-state index contributed by atoms with van der Waals surface area (Å²) in [7, 11) is -1.72. The van der Waals surface area contributed by atoms with Gasteiger partial charge in [-0.25, -0.2) is 9.13 Å². The van der Waals surface area contributed by atoms with Crippen LogP contribution in [0.3, 0.4) is 0 Å². The molecule has 20 heavy (non-hydrogen) atoms. The first-order valence-electron chi connectivity index (χ1n) is 6.24. The standard InChI is InChI=1S/C13H19N2.BF4/c1-13(2,3)12-14(4)10-8-6-7-9-11(10)15(12)5;2-1(3,4)5/h6-9H,1-5H3;/q+1;-1. The number of nitrogens with zero attached hydrogens (tertiary/aromatic N) is 2. The van der Waals surface area contributed by atoms with Crippen LogP contribution in [0.25, 0.3) is 11.0 Å². The van der Waals surface area contributed by atoms with E-state index < -0.39 is 7.25 Å². The Morgan fingerprint density at radius 3 is 1.90 bits per heavy atom. The number of aryl methyl sites for hydroxylation is 2. The van der Waals surface area contributed by atoms with Gasteiger partial charge in [-0.05, 0) is 32.9 Å². The Kier molecular flexibility index (Phi) is 4.51. The predicted octanol–water partition coefficient (Wildman–Crippen LogP) is 3.60. The Morgan fingerprint density at radius 1 is 1.05 bits per heavy atom. The van der Waals surface area contributed by atoms with E-state index in [1.807, 2.05) is 0 Å². The van der Waals surface area contributed by atoms with E-state index >= 15 is 0 Å². The van der Waals surface area contributed by atoms with Crippen molar-refractivity contribution in [1.29, 1.82) is 0 Å². The summed E-state index contributed by atoms with van der Waals surface area (Å²) in [6.07, 6.45) is 0. The zero-order chi connectivity index (χ0) is 15.7. The topological polar surface area (TPSA) is 8.81 Å². The van der Waals surface area contributed by atoms with Gasteiger partial charge in [0.25, 0.3) is 5.82 Å². The Bertz CT molecular complexity index is 552. The number of fused-ring (bicyclic) bond motifs is 1. The summed E-state index contributed by atoms with van der Waals surface area (Å²) in [6, 6.07) is 8.53. The van der Waals surface area contributed by atoms with E-state index in [2.05, 4.69) is 68.3 Å². The van der Waals surface area contributed by atoms with Crippen molar-refractivity contribution in [1.82, 2.24) is 4.57 Å². The lowest BCUT2D eigenvalue weighted by Gasteiger charge is -2.14. The third kappa shape index (κ3) is 3.98. The summed E-state index contributed by atoms with van der Waals surface area (Å²) >= 11 is 0. The van der Waals surface area contributed by atoms with E-state index in [9.17, 15) is 17.3 Å². The number of halogens is 4. The number of aromatic nitrogens is 2. The third-order valence-electron chi connectivity index (χ3n) is 2.91. The normalized spacial score (nSPS) is 12.2. The van der Waals surface area contributed by atoms with Crippen LogP contribution in [-0.4, -0.2) is 11.8 Å². The van der Waals surface area contributed by atoms with Crippen LogP contribution in [0, 0.1) is 0 Å². The van der Waals surface area contributed by atoms with Crippen molar-refractivity contribution < 1.29 is 21.8 Å². The first-order chi connectivity index (χ1) is 8.93. The van der Waals surface area contributed by atoms with Crippen molar-refractivity contribution >= 4 is 18.3 Å². The lowest BCUT2D eigenvalue weighted by atomic mass is 9.95. The summed E-state index contributed by atoms with van der Waals surface area (Å²) < 4.78 is 43.6. The molecule has 1 heterocycles. The maximum atomic E-state index is 9.75. The molecule has 0 spiro atoms. The molecule has 1 aromatic carbocycles.